The van der Waals surface area contributed by atoms with Crippen LogP contribution in [0.15, 0.2) is 68.4 Å². The molecule has 1 saturated heterocycles. The lowest BCUT2D eigenvalue weighted by atomic mass is 10.1. The third kappa shape index (κ3) is 5.01. The van der Waals surface area contributed by atoms with Crippen LogP contribution in [-0.4, -0.2) is 28.5 Å². The fraction of sp³-hybridized carbons (Fsp3) is 0.0500. The molecule has 0 aliphatic carbocycles. The Hall–Kier alpha value is -2.20. The van der Waals surface area contributed by atoms with Crippen molar-refractivity contribution in [2.24, 2.45) is 0 Å². The van der Waals surface area contributed by atoms with Crippen molar-refractivity contribution in [1.82, 2.24) is 0 Å². The summed E-state index contributed by atoms with van der Waals surface area (Å²) >= 11 is 6.09. The van der Waals surface area contributed by atoms with Gasteiger partial charge in [0.25, 0.3) is 21.7 Å². The minimum Gasteiger partial charge on any atom is -0.457 e. The minimum atomic E-state index is -4.60. The molecule has 1 N–H and O–H groups in total. The number of carbonyl (C=O) groups is 1. The maximum atomic E-state index is 13.0. The van der Waals surface area contributed by atoms with Crippen LogP contribution in [0.25, 0.3) is 17.4 Å². The summed E-state index contributed by atoms with van der Waals surface area (Å²) in [7, 11) is -4.60. The average molecular weight is 663 g/mol. The summed E-state index contributed by atoms with van der Waals surface area (Å²) in [4.78, 5) is 24.6. The van der Waals surface area contributed by atoms with Gasteiger partial charge in [-0.05, 0) is 65.1 Å². The van der Waals surface area contributed by atoms with Crippen LogP contribution >= 0.6 is 50.3 Å². The smallest absolute Gasteiger partial charge is 0.297 e. The van der Waals surface area contributed by atoms with Crippen molar-refractivity contribution in [3.05, 3.63) is 83.4 Å². The average Bonchev–Trinajstić information content (AvgIpc) is 3.34. The number of nitrogens with zero attached hydrogens (tertiary/aromatic N) is 2. The first-order valence-electron chi connectivity index (χ1n) is 9.02. The van der Waals surface area contributed by atoms with Gasteiger partial charge in [0.1, 0.15) is 11.5 Å². The van der Waals surface area contributed by atoms with E-state index in [2.05, 4.69) is 38.5 Å². The Balaban J connectivity index is 1.70. The SMILES string of the molecule is O=C1C(=Cc2ccc(-c3cc([N+](=O)[O-])ccc3Br)o2)SC(S(=O)(=O)O)N1c1ccc(I)cc1. The largest absolute Gasteiger partial charge is 0.457 e. The molecule has 0 radical (unpaired) electrons. The van der Waals surface area contributed by atoms with E-state index in [1.807, 2.05) is 0 Å². The first-order valence-corrected chi connectivity index (χ1v) is 13.3. The number of anilines is 1. The number of non-ortho nitro benzene ring substituents is 1. The molecule has 0 spiro atoms. The van der Waals surface area contributed by atoms with Gasteiger partial charge in [-0.25, -0.2) is 0 Å². The minimum absolute atomic E-state index is 0.0511. The Labute approximate surface area is 214 Å². The third-order valence-corrected chi connectivity index (χ3v) is 8.66. The van der Waals surface area contributed by atoms with Crippen LogP contribution in [0.1, 0.15) is 5.76 Å². The zero-order chi connectivity index (χ0) is 23.9. The highest BCUT2D eigenvalue weighted by Crippen LogP contribution is 2.42. The zero-order valence-corrected chi connectivity index (χ0v) is 21.6. The summed E-state index contributed by atoms with van der Waals surface area (Å²) in [5.41, 5.74) is 0.644. The molecule has 2 heterocycles. The van der Waals surface area contributed by atoms with Crippen molar-refractivity contribution in [3.8, 4) is 11.3 Å². The predicted molar refractivity (Wildman–Crippen MR) is 136 cm³/mol. The first kappa shape index (κ1) is 23.9. The number of nitro benzene ring substituents is 1. The lowest BCUT2D eigenvalue weighted by Crippen LogP contribution is -2.37. The highest BCUT2D eigenvalue weighted by Gasteiger charge is 2.44. The molecule has 1 fully saturated rings. The Kier molecular flexibility index (Phi) is 6.68. The second kappa shape index (κ2) is 9.21. The van der Waals surface area contributed by atoms with E-state index >= 15 is 0 Å². The van der Waals surface area contributed by atoms with Crippen molar-refractivity contribution < 1.29 is 27.1 Å². The van der Waals surface area contributed by atoms with E-state index in [4.69, 9.17) is 4.42 Å². The molecule has 0 bridgehead atoms. The molecule has 1 unspecified atom stereocenters. The molecule has 0 saturated carbocycles. The van der Waals surface area contributed by atoms with E-state index in [1.54, 1.807) is 36.4 Å². The zero-order valence-electron chi connectivity index (χ0n) is 16.2. The van der Waals surface area contributed by atoms with Crippen molar-refractivity contribution in [2.45, 2.75) is 4.71 Å². The molecular weight excluding hydrogens is 651 g/mol. The van der Waals surface area contributed by atoms with Gasteiger partial charge in [0, 0.05) is 37.5 Å². The number of hydrogen-bond acceptors (Lipinski definition) is 7. The van der Waals surface area contributed by atoms with Gasteiger partial charge in [-0.1, -0.05) is 27.7 Å². The standard InChI is InChI=1S/C20H12BrIN2O7S2/c21-16-7-5-13(24(26)27)9-15(16)17-8-6-14(31-17)10-18-19(25)23(20(32-18)33(28,29)30)12-3-1-11(22)2-4-12/h1-10,20H,(H,28,29,30). The van der Waals surface area contributed by atoms with E-state index in [9.17, 15) is 27.9 Å². The molecule has 13 heteroatoms. The lowest BCUT2D eigenvalue weighted by molar-refractivity contribution is -0.384. The summed E-state index contributed by atoms with van der Waals surface area (Å²) < 4.78 is 39.3. The van der Waals surface area contributed by atoms with Gasteiger partial charge < -0.3 is 4.42 Å². The maximum Gasteiger partial charge on any atom is 0.297 e. The fourth-order valence-electron chi connectivity index (χ4n) is 3.08. The molecule has 1 aromatic heterocycles. The number of furan rings is 1. The van der Waals surface area contributed by atoms with Crippen LogP contribution in [-0.2, 0) is 14.9 Å². The number of thioether (sulfide) groups is 1. The van der Waals surface area contributed by atoms with Gasteiger partial charge in [-0.15, -0.1) is 0 Å². The van der Waals surface area contributed by atoms with Gasteiger partial charge in [-0.2, -0.15) is 8.42 Å². The highest BCUT2D eigenvalue weighted by atomic mass is 127. The molecule has 3 aromatic rings. The Bertz CT molecular complexity index is 1400. The molecule has 4 rings (SSSR count). The van der Waals surface area contributed by atoms with Crippen molar-refractivity contribution in [3.63, 3.8) is 0 Å². The highest BCUT2D eigenvalue weighted by molar-refractivity contribution is 14.1. The summed E-state index contributed by atoms with van der Waals surface area (Å²) in [6, 6.07) is 14.0. The normalized spacial score (nSPS) is 17.7. The topological polar surface area (TPSA) is 131 Å². The molecule has 1 amide bonds. The van der Waals surface area contributed by atoms with Crippen LogP contribution in [0.3, 0.4) is 0 Å². The number of rotatable bonds is 5. The van der Waals surface area contributed by atoms with Gasteiger partial charge in [-0.3, -0.25) is 24.4 Å². The first-order chi connectivity index (χ1) is 15.5. The van der Waals surface area contributed by atoms with Crippen molar-refractivity contribution >= 4 is 83.8 Å². The van der Waals surface area contributed by atoms with Crippen LogP contribution in [0.5, 0.6) is 0 Å². The second-order valence-electron chi connectivity index (χ2n) is 6.72. The molecule has 33 heavy (non-hydrogen) atoms. The van der Waals surface area contributed by atoms with Crippen molar-refractivity contribution in [2.75, 3.05) is 4.90 Å². The Morgan fingerprint density at radius 1 is 1.18 bits per heavy atom. The fourth-order valence-corrected chi connectivity index (χ4v) is 6.08. The van der Waals surface area contributed by atoms with E-state index in [0.29, 0.717) is 33.2 Å². The van der Waals surface area contributed by atoms with E-state index < -0.39 is 25.7 Å². The Morgan fingerprint density at radius 2 is 1.88 bits per heavy atom. The molecule has 1 aliphatic rings. The van der Waals surface area contributed by atoms with Crippen LogP contribution in [0.4, 0.5) is 11.4 Å². The molecule has 170 valence electrons. The molecule has 1 aliphatic heterocycles. The van der Waals surface area contributed by atoms with E-state index in [0.717, 1.165) is 8.47 Å². The Morgan fingerprint density at radius 3 is 2.52 bits per heavy atom. The van der Waals surface area contributed by atoms with Gasteiger partial charge in [0.05, 0.1) is 9.83 Å². The van der Waals surface area contributed by atoms with Gasteiger partial charge >= 0.3 is 0 Å². The van der Waals surface area contributed by atoms with Crippen molar-refractivity contribution in [1.29, 1.82) is 0 Å². The number of hydrogen-bond donors (Lipinski definition) is 1. The summed E-state index contributed by atoms with van der Waals surface area (Å²) in [6.07, 6.45) is 1.37. The second-order valence-corrected chi connectivity index (χ2v) is 11.7. The molecule has 1 atom stereocenters. The maximum absolute atomic E-state index is 13.0. The summed E-state index contributed by atoms with van der Waals surface area (Å²) in [6.45, 7) is 0. The van der Waals surface area contributed by atoms with E-state index in [-0.39, 0.29) is 16.4 Å². The van der Waals surface area contributed by atoms with Crippen LogP contribution < -0.4 is 4.90 Å². The summed E-state index contributed by atoms with van der Waals surface area (Å²) in [5.74, 6) is -0.0650. The number of benzene rings is 2. The monoisotopic (exact) mass is 662 g/mol. The molecule has 2 aromatic carbocycles. The van der Waals surface area contributed by atoms with Crippen LogP contribution in [0, 0.1) is 13.7 Å². The predicted octanol–water partition coefficient (Wildman–Crippen LogP) is 5.51. The number of nitro groups is 1. The lowest BCUT2D eigenvalue weighted by Gasteiger charge is -2.20. The van der Waals surface area contributed by atoms with Crippen LogP contribution in [0.2, 0.25) is 0 Å². The van der Waals surface area contributed by atoms with Gasteiger partial charge in [0.2, 0.25) is 4.71 Å². The van der Waals surface area contributed by atoms with E-state index in [1.165, 1.54) is 24.3 Å². The van der Waals surface area contributed by atoms with Gasteiger partial charge in [0.15, 0.2) is 0 Å². The molecule has 9 nitrogen and oxygen atoms in total. The number of amides is 1. The quantitative estimate of drug-likeness (QED) is 0.124. The number of halogens is 2. The molecular formula is C20H12BrIN2O7S2. The number of carbonyl (C=O) groups excluding carboxylic acids is 1. The summed E-state index contributed by atoms with van der Waals surface area (Å²) in [5, 5.41) is 11.1. The third-order valence-electron chi connectivity index (χ3n) is 4.55.